The maximum atomic E-state index is 12.8. The highest BCUT2D eigenvalue weighted by atomic mass is 16.6. The first kappa shape index (κ1) is 18.9. The third-order valence-corrected chi connectivity index (χ3v) is 3.80. The first-order chi connectivity index (χ1) is 11.6. The molecule has 136 valence electrons. The van der Waals surface area contributed by atoms with Crippen LogP contribution in [0.25, 0.3) is 0 Å². The Morgan fingerprint density at radius 1 is 1.32 bits per heavy atom. The number of amides is 1. The summed E-state index contributed by atoms with van der Waals surface area (Å²) in [5, 5.41) is 5.24. The van der Waals surface area contributed by atoms with E-state index in [1.807, 2.05) is 0 Å². The molecule has 1 aliphatic carbocycles. The molecular formula is C18H24N2O5. The number of hydrazone groups is 1. The second-order valence-electron chi connectivity index (χ2n) is 7.15. The fourth-order valence-electron chi connectivity index (χ4n) is 2.64. The lowest BCUT2D eigenvalue weighted by atomic mass is 9.82. The Morgan fingerprint density at radius 2 is 2.00 bits per heavy atom. The lowest BCUT2D eigenvalue weighted by molar-refractivity contribution is -0.120. The highest BCUT2D eigenvalue weighted by molar-refractivity contribution is 6.26. The number of carbonyl (C=O) groups excluding carboxylic acids is 3. The van der Waals surface area contributed by atoms with Crippen LogP contribution in [0.15, 0.2) is 21.8 Å². The molecule has 0 bridgehead atoms. The Bertz CT molecular complexity index is 711. The van der Waals surface area contributed by atoms with Gasteiger partial charge in [0.1, 0.15) is 17.3 Å². The summed E-state index contributed by atoms with van der Waals surface area (Å²) in [6.45, 7) is 7.00. The maximum Gasteiger partial charge on any atom is 0.430 e. The van der Waals surface area contributed by atoms with Gasteiger partial charge in [-0.2, -0.15) is 5.10 Å². The van der Waals surface area contributed by atoms with Gasteiger partial charge in [0, 0.05) is 13.5 Å². The van der Waals surface area contributed by atoms with Crippen LogP contribution in [0.4, 0.5) is 4.79 Å². The molecule has 1 aromatic rings. The number of Topliss-reactive ketones (excluding diaryl/α,β-unsaturated/α-hetero) is 2. The molecule has 0 spiro atoms. The van der Waals surface area contributed by atoms with Gasteiger partial charge in [0.25, 0.3) is 0 Å². The fraction of sp³-hybridized carbons (Fsp3) is 0.556. The topological polar surface area (TPSA) is 89.2 Å². The smallest absolute Gasteiger partial charge is 0.430 e. The molecule has 7 nitrogen and oxygen atoms in total. The summed E-state index contributed by atoms with van der Waals surface area (Å²) in [6.07, 6.45) is 2.15. The summed E-state index contributed by atoms with van der Waals surface area (Å²) in [7, 11) is 1.44. The van der Waals surface area contributed by atoms with Gasteiger partial charge in [0.2, 0.25) is 5.78 Å². The van der Waals surface area contributed by atoms with Gasteiger partial charge < -0.3 is 9.15 Å². The van der Waals surface area contributed by atoms with Crippen molar-refractivity contribution in [1.29, 1.82) is 0 Å². The molecule has 1 saturated carbocycles. The van der Waals surface area contributed by atoms with Crippen LogP contribution in [-0.4, -0.2) is 41.0 Å². The summed E-state index contributed by atoms with van der Waals surface area (Å²) >= 11 is 0. The zero-order valence-corrected chi connectivity index (χ0v) is 15.3. The van der Waals surface area contributed by atoms with Crippen molar-refractivity contribution in [2.45, 2.75) is 52.6 Å². The van der Waals surface area contributed by atoms with Gasteiger partial charge in [-0.1, -0.05) is 0 Å². The van der Waals surface area contributed by atoms with Crippen molar-refractivity contribution in [1.82, 2.24) is 5.01 Å². The van der Waals surface area contributed by atoms with Gasteiger partial charge in [-0.3, -0.25) is 9.59 Å². The molecule has 0 N–H and O–H groups in total. The second kappa shape index (κ2) is 7.21. The largest absolute Gasteiger partial charge is 0.461 e. The fourth-order valence-corrected chi connectivity index (χ4v) is 2.64. The molecule has 1 aromatic heterocycles. The van der Waals surface area contributed by atoms with Crippen molar-refractivity contribution in [2.24, 2.45) is 11.0 Å². The maximum absolute atomic E-state index is 12.8. The van der Waals surface area contributed by atoms with Gasteiger partial charge in [0.05, 0.1) is 12.0 Å². The van der Waals surface area contributed by atoms with Crippen molar-refractivity contribution in [3.63, 3.8) is 0 Å². The number of furan rings is 1. The molecule has 2 rings (SSSR count). The Hall–Kier alpha value is -2.44. The molecule has 0 aromatic carbocycles. The molecule has 0 saturated heterocycles. The van der Waals surface area contributed by atoms with Crippen LogP contribution in [0.2, 0.25) is 0 Å². The zero-order valence-electron chi connectivity index (χ0n) is 15.3. The average molecular weight is 348 g/mol. The molecular weight excluding hydrogens is 324 g/mol. The quantitative estimate of drug-likeness (QED) is 0.475. The lowest BCUT2D eigenvalue weighted by Gasteiger charge is -2.25. The number of ketones is 2. The summed E-state index contributed by atoms with van der Waals surface area (Å²) in [5.41, 5.74) is 0.377. The SMILES string of the molecule is Cc1ccoc1C(=O)C1C(=O)CCC/C1=N\N(C)C(=O)OC(C)(C)C. The van der Waals surface area contributed by atoms with E-state index in [-0.39, 0.29) is 11.5 Å². The summed E-state index contributed by atoms with van der Waals surface area (Å²) in [4.78, 5) is 37.2. The number of hydrogen-bond donors (Lipinski definition) is 0. The molecule has 0 aliphatic heterocycles. The predicted octanol–water partition coefficient (Wildman–Crippen LogP) is 3.36. The van der Waals surface area contributed by atoms with Crippen LogP contribution >= 0.6 is 0 Å². The Balaban J connectivity index is 2.27. The molecule has 1 unspecified atom stereocenters. The first-order valence-electron chi connectivity index (χ1n) is 8.25. The van der Waals surface area contributed by atoms with Crippen LogP contribution in [0.1, 0.15) is 56.2 Å². The van der Waals surface area contributed by atoms with Gasteiger partial charge in [-0.05, 0) is 52.2 Å². The van der Waals surface area contributed by atoms with Gasteiger partial charge >= 0.3 is 6.09 Å². The molecule has 7 heteroatoms. The molecule has 1 amide bonds. The van der Waals surface area contributed by atoms with E-state index in [1.165, 1.54) is 13.3 Å². The van der Waals surface area contributed by atoms with E-state index in [1.54, 1.807) is 33.8 Å². The van der Waals surface area contributed by atoms with Crippen molar-refractivity contribution in [3.05, 3.63) is 23.7 Å². The molecule has 25 heavy (non-hydrogen) atoms. The zero-order chi connectivity index (χ0) is 18.8. The third kappa shape index (κ3) is 4.55. The van der Waals surface area contributed by atoms with Crippen molar-refractivity contribution in [2.75, 3.05) is 7.05 Å². The lowest BCUT2D eigenvalue weighted by Crippen LogP contribution is -2.38. The summed E-state index contributed by atoms with van der Waals surface area (Å²) < 4.78 is 10.5. The normalized spacial score (nSPS) is 19.8. The number of carbonyl (C=O) groups is 3. The number of aryl methyl sites for hydroxylation is 1. The molecule has 1 aliphatic rings. The third-order valence-electron chi connectivity index (χ3n) is 3.80. The minimum Gasteiger partial charge on any atom is -0.461 e. The van der Waals surface area contributed by atoms with E-state index in [9.17, 15) is 14.4 Å². The Kier molecular flexibility index (Phi) is 5.45. The number of hydrogen-bond acceptors (Lipinski definition) is 6. The van der Waals surface area contributed by atoms with E-state index in [0.717, 1.165) is 5.01 Å². The molecule has 1 fully saturated rings. The summed E-state index contributed by atoms with van der Waals surface area (Å²) in [6, 6.07) is 1.67. The Labute approximate surface area is 147 Å². The molecule has 1 heterocycles. The standard InChI is InChI=1S/C18H24N2O5/c1-11-9-10-24-16(11)15(22)14-12(7-6-8-13(14)21)19-20(5)17(23)25-18(2,3)4/h9-10,14H,6-8H2,1-5H3/b19-12+. The van der Waals surface area contributed by atoms with Crippen LogP contribution in [0.3, 0.4) is 0 Å². The molecule has 1 atom stereocenters. The van der Waals surface area contributed by atoms with Crippen molar-refractivity contribution >= 4 is 23.4 Å². The summed E-state index contributed by atoms with van der Waals surface area (Å²) in [5.74, 6) is -1.47. The van der Waals surface area contributed by atoms with Crippen LogP contribution in [0, 0.1) is 12.8 Å². The van der Waals surface area contributed by atoms with Crippen LogP contribution in [-0.2, 0) is 9.53 Å². The van der Waals surface area contributed by atoms with Crippen molar-refractivity contribution in [3.8, 4) is 0 Å². The van der Waals surface area contributed by atoms with Crippen LogP contribution < -0.4 is 0 Å². The highest BCUT2D eigenvalue weighted by Gasteiger charge is 2.37. The van der Waals surface area contributed by atoms with E-state index in [4.69, 9.17) is 9.15 Å². The average Bonchev–Trinajstić information content (AvgIpc) is 2.91. The van der Waals surface area contributed by atoms with Gasteiger partial charge in [-0.25, -0.2) is 9.80 Å². The molecule has 0 radical (unpaired) electrons. The number of nitrogens with zero attached hydrogens (tertiary/aromatic N) is 2. The van der Waals surface area contributed by atoms with E-state index < -0.39 is 23.4 Å². The highest BCUT2D eigenvalue weighted by Crippen LogP contribution is 2.25. The Morgan fingerprint density at radius 3 is 2.56 bits per heavy atom. The van der Waals surface area contributed by atoms with E-state index >= 15 is 0 Å². The number of ether oxygens (including phenoxy) is 1. The van der Waals surface area contributed by atoms with Crippen molar-refractivity contribution < 1.29 is 23.5 Å². The van der Waals surface area contributed by atoms with E-state index in [0.29, 0.717) is 30.5 Å². The minimum absolute atomic E-state index is 0.160. The van der Waals surface area contributed by atoms with Gasteiger partial charge in [0.15, 0.2) is 5.76 Å². The van der Waals surface area contributed by atoms with Crippen LogP contribution in [0.5, 0.6) is 0 Å². The van der Waals surface area contributed by atoms with Gasteiger partial charge in [-0.15, -0.1) is 0 Å². The second-order valence-corrected chi connectivity index (χ2v) is 7.15. The number of rotatable bonds is 3. The van der Waals surface area contributed by atoms with E-state index in [2.05, 4.69) is 5.10 Å². The minimum atomic E-state index is -1.01. The monoisotopic (exact) mass is 348 g/mol. The first-order valence-corrected chi connectivity index (χ1v) is 8.25. The predicted molar refractivity (Wildman–Crippen MR) is 91.6 cm³/mol.